The predicted octanol–water partition coefficient (Wildman–Crippen LogP) is 4.97. The molecule has 0 aromatic rings. The summed E-state index contributed by atoms with van der Waals surface area (Å²) in [5.41, 5.74) is 0. The average molecular weight is 345 g/mol. The summed E-state index contributed by atoms with van der Waals surface area (Å²) in [7, 11) is -3.00. The van der Waals surface area contributed by atoms with E-state index in [1.807, 2.05) is 0 Å². The summed E-state index contributed by atoms with van der Waals surface area (Å²) < 4.78 is 25.3. The van der Waals surface area contributed by atoms with E-state index in [9.17, 15) is 0 Å². The first-order chi connectivity index (χ1) is 11.3. The van der Waals surface area contributed by atoms with Gasteiger partial charge < -0.3 is 17.7 Å². The van der Waals surface area contributed by atoms with E-state index in [2.05, 4.69) is 13.8 Å². The van der Waals surface area contributed by atoms with Crippen LogP contribution in [0.2, 0.25) is 0 Å². The van der Waals surface area contributed by atoms with Crippen LogP contribution >= 0.6 is 0 Å². The lowest BCUT2D eigenvalue weighted by molar-refractivity contribution is -0.0730. The molecule has 2 rings (SSSR count). The van der Waals surface area contributed by atoms with E-state index in [1.165, 1.54) is 25.7 Å². The SMILES string of the molecule is CCCCO[Si](OCCCC)(OC1CCCC1)OC1CCCC1. The summed E-state index contributed by atoms with van der Waals surface area (Å²) in [4.78, 5) is 0. The maximum Gasteiger partial charge on any atom is 0.680 e. The minimum Gasteiger partial charge on any atom is -0.351 e. The summed E-state index contributed by atoms with van der Waals surface area (Å²) >= 11 is 0. The van der Waals surface area contributed by atoms with Gasteiger partial charge in [0.25, 0.3) is 0 Å². The fourth-order valence-electron chi connectivity index (χ4n) is 3.31. The zero-order chi connectivity index (χ0) is 16.4. The maximum absolute atomic E-state index is 6.43. The molecule has 0 bridgehead atoms. The molecule has 4 nitrogen and oxygen atoms in total. The van der Waals surface area contributed by atoms with E-state index < -0.39 is 9.05 Å². The Bertz CT molecular complexity index is 271. The largest absolute Gasteiger partial charge is 0.680 e. The van der Waals surface area contributed by atoms with E-state index in [-0.39, 0.29) is 12.2 Å². The van der Waals surface area contributed by atoms with Gasteiger partial charge in [-0.2, -0.15) is 0 Å². The lowest BCUT2D eigenvalue weighted by atomic mass is 10.3. The van der Waals surface area contributed by atoms with Crippen molar-refractivity contribution in [3.05, 3.63) is 0 Å². The highest BCUT2D eigenvalue weighted by Gasteiger charge is 2.50. The van der Waals surface area contributed by atoms with Gasteiger partial charge in [0.05, 0.1) is 12.2 Å². The standard InChI is InChI=1S/C18H36O4Si/c1-3-5-15-19-23(20-16-6-4-2,21-17-11-7-8-12-17)22-18-13-9-10-14-18/h17-18H,3-16H2,1-2H3. The second kappa shape index (κ2) is 10.8. The van der Waals surface area contributed by atoms with Crippen LogP contribution in [0.3, 0.4) is 0 Å². The zero-order valence-electron chi connectivity index (χ0n) is 15.2. The van der Waals surface area contributed by atoms with Crippen molar-refractivity contribution in [3.8, 4) is 0 Å². The quantitative estimate of drug-likeness (QED) is 0.370. The van der Waals surface area contributed by atoms with Crippen LogP contribution in [0.5, 0.6) is 0 Å². The Morgan fingerprint density at radius 2 is 1.09 bits per heavy atom. The van der Waals surface area contributed by atoms with Crippen LogP contribution in [0.1, 0.15) is 90.9 Å². The molecule has 0 saturated heterocycles. The van der Waals surface area contributed by atoms with Gasteiger partial charge in [-0.25, -0.2) is 0 Å². The van der Waals surface area contributed by atoms with Crippen LogP contribution in [-0.2, 0) is 17.7 Å². The second-order valence-corrected chi connectivity index (χ2v) is 9.00. The maximum atomic E-state index is 6.43. The van der Waals surface area contributed by atoms with E-state index in [0.717, 1.165) is 51.4 Å². The first-order valence-corrected chi connectivity index (χ1v) is 11.5. The molecule has 0 radical (unpaired) electrons. The molecule has 0 aromatic heterocycles. The highest BCUT2D eigenvalue weighted by molar-refractivity contribution is 6.53. The summed E-state index contributed by atoms with van der Waals surface area (Å²) in [6.07, 6.45) is 14.3. The molecule has 2 saturated carbocycles. The van der Waals surface area contributed by atoms with Crippen LogP contribution in [-0.4, -0.2) is 34.5 Å². The molecule has 0 aliphatic heterocycles. The molecule has 136 valence electrons. The van der Waals surface area contributed by atoms with Crippen molar-refractivity contribution < 1.29 is 17.7 Å². The van der Waals surface area contributed by atoms with Gasteiger partial charge >= 0.3 is 9.05 Å². The number of hydrogen-bond acceptors (Lipinski definition) is 4. The monoisotopic (exact) mass is 344 g/mol. The fourth-order valence-corrected chi connectivity index (χ4v) is 5.80. The van der Waals surface area contributed by atoms with Crippen molar-refractivity contribution in [2.24, 2.45) is 0 Å². The van der Waals surface area contributed by atoms with Crippen molar-refractivity contribution in [2.75, 3.05) is 13.2 Å². The van der Waals surface area contributed by atoms with E-state index >= 15 is 0 Å². The van der Waals surface area contributed by atoms with Crippen molar-refractivity contribution in [1.29, 1.82) is 0 Å². The molecule has 0 unspecified atom stereocenters. The summed E-state index contributed by atoms with van der Waals surface area (Å²) in [6.45, 7) is 5.74. The molecule has 0 spiro atoms. The lowest BCUT2D eigenvalue weighted by Gasteiger charge is -2.33. The van der Waals surface area contributed by atoms with Crippen LogP contribution in [0.25, 0.3) is 0 Å². The Morgan fingerprint density at radius 3 is 1.43 bits per heavy atom. The van der Waals surface area contributed by atoms with Gasteiger partial charge in [0.2, 0.25) is 0 Å². The van der Waals surface area contributed by atoms with Gasteiger partial charge in [-0.05, 0) is 38.5 Å². The van der Waals surface area contributed by atoms with Crippen molar-refractivity contribution in [2.45, 2.75) is 103 Å². The third-order valence-electron chi connectivity index (χ3n) is 4.78. The van der Waals surface area contributed by atoms with Crippen molar-refractivity contribution in [3.63, 3.8) is 0 Å². The summed E-state index contributed by atoms with van der Waals surface area (Å²) in [6, 6.07) is 0. The second-order valence-electron chi connectivity index (χ2n) is 6.95. The summed E-state index contributed by atoms with van der Waals surface area (Å²) in [5, 5.41) is 0. The van der Waals surface area contributed by atoms with Crippen molar-refractivity contribution >= 4 is 9.05 Å². The molecule has 5 heteroatoms. The Balaban J connectivity index is 2.00. The molecule has 0 N–H and O–H groups in total. The highest BCUT2D eigenvalue weighted by atomic mass is 28.4. The Morgan fingerprint density at radius 1 is 0.696 bits per heavy atom. The molecule has 23 heavy (non-hydrogen) atoms. The normalized spacial score (nSPS) is 20.6. The minimum atomic E-state index is -3.00. The van der Waals surface area contributed by atoms with Gasteiger partial charge in [-0.15, -0.1) is 0 Å². The van der Waals surface area contributed by atoms with Gasteiger partial charge in [0.1, 0.15) is 0 Å². The van der Waals surface area contributed by atoms with E-state index in [0.29, 0.717) is 13.2 Å². The van der Waals surface area contributed by atoms with Gasteiger partial charge in [0.15, 0.2) is 0 Å². The van der Waals surface area contributed by atoms with Gasteiger partial charge in [-0.3, -0.25) is 0 Å². The van der Waals surface area contributed by atoms with Gasteiger partial charge in [0, 0.05) is 13.2 Å². The van der Waals surface area contributed by atoms with Crippen LogP contribution < -0.4 is 0 Å². The van der Waals surface area contributed by atoms with Crippen LogP contribution in [0, 0.1) is 0 Å². The fraction of sp³-hybridized carbons (Fsp3) is 1.00. The molecule has 2 aliphatic carbocycles. The van der Waals surface area contributed by atoms with Crippen molar-refractivity contribution in [1.82, 2.24) is 0 Å². The number of unbranched alkanes of at least 4 members (excludes halogenated alkanes) is 2. The van der Waals surface area contributed by atoms with Crippen LogP contribution in [0.15, 0.2) is 0 Å². The third kappa shape index (κ3) is 6.82. The smallest absolute Gasteiger partial charge is 0.351 e. The predicted molar refractivity (Wildman–Crippen MR) is 94.2 cm³/mol. The first kappa shape index (κ1) is 19.4. The first-order valence-electron chi connectivity index (χ1n) is 9.91. The zero-order valence-corrected chi connectivity index (χ0v) is 16.2. The molecule has 0 atom stereocenters. The topological polar surface area (TPSA) is 36.9 Å². The average Bonchev–Trinajstić information content (AvgIpc) is 3.22. The van der Waals surface area contributed by atoms with E-state index in [4.69, 9.17) is 17.7 Å². The Labute approximate surface area is 143 Å². The minimum absolute atomic E-state index is 0.270. The molecule has 2 fully saturated rings. The highest BCUT2D eigenvalue weighted by Crippen LogP contribution is 2.30. The molecular formula is C18H36O4Si. The molecule has 2 aliphatic rings. The van der Waals surface area contributed by atoms with E-state index in [1.54, 1.807) is 0 Å². The Hall–Kier alpha value is 0.0569. The molecular weight excluding hydrogens is 308 g/mol. The van der Waals surface area contributed by atoms with Gasteiger partial charge in [-0.1, -0.05) is 52.4 Å². The van der Waals surface area contributed by atoms with Crippen LogP contribution in [0.4, 0.5) is 0 Å². The lowest BCUT2D eigenvalue weighted by Crippen LogP contribution is -2.53. The number of hydrogen-bond donors (Lipinski definition) is 0. The molecule has 0 heterocycles. The Kier molecular flexibility index (Phi) is 9.12. The summed E-state index contributed by atoms with van der Waals surface area (Å²) in [5.74, 6) is 0. The third-order valence-corrected chi connectivity index (χ3v) is 7.14. The molecule has 0 aromatic carbocycles. The number of rotatable bonds is 12. The molecule has 0 amide bonds.